The molecule has 7 heteroatoms. The molecular formula is C13H15N5O2. The lowest BCUT2D eigenvalue weighted by Crippen LogP contribution is -2.39. The van der Waals surface area contributed by atoms with E-state index in [4.69, 9.17) is 5.84 Å². The van der Waals surface area contributed by atoms with Gasteiger partial charge in [0.1, 0.15) is 0 Å². The van der Waals surface area contributed by atoms with Crippen LogP contribution in [0.15, 0.2) is 18.2 Å². The van der Waals surface area contributed by atoms with Gasteiger partial charge in [-0.25, -0.2) is 0 Å². The minimum Gasteiger partial charge on any atom is -0.324 e. The van der Waals surface area contributed by atoms with Gasteiger partial charge in [-0.3, -0.25) is 25.4 Å². The van der Waals surface area contributed by atoms with Gasteiger partial charge in [-0.1, -0.05) is 0 Å². The Hall–Kier alpha value is -2.41. The summed E-state index contributed by atoms with van der Waals surface area (Å²) in [4.78, 5) is 23.2. The summed E-state index contributed by atoms with van der Waals surface area (Å²) in [5.74, 6) is 4.52. The van der Waals surface area contributed by atoms with E-state index in [1.54, 1.807) is 4.68 Å². The maximum Gasteiger partial charge on any atom is 0.235 e. The predicted octanol–water partition coefficient (Wildman–Crippen LogP) is 0.379. The second kappa shape index (κ2) is 4.61. The van der Waals surface area contributed by atoms with Crippen LogP contribution in [-0.2, 0) is 16.6 Å². The Kier molecular flexibility index (Phi) is 2.90. The number of hydrogen-bond acceptors (Lipinski definition) is 5. The van der Waals surface area contributed by atoms with Gasteiger partial charge in [0.05, 0.1) is 22.8 Å². The molecule has 3 rings (SSSR count). The first-order valence-corrected chi connectivity index (χ1v) is 6.37. The molecular weight excluding hydrogens is 258 g/mol. The minimum absolute atomic E-state index is 0.221. The number of carbonyl (C=O) groups excluding carboxylic acids is 2. The van der Waals surface area contributed by atoms with Crippen LogP contribution in [0.3, 0.4) is 0 Å². The molecule has 20 heavy (non-hydrogen) atoms. The van der Waals surface area contributed by atoms with Crippen LogP contribution in [0, 0.1) is 0 Å². The number of hydrogen-bond donors (Lipinski definition) is 3. The molecule has 1 unspecified atom stereocenters. The first kappa shape index (κ1) is 12.6. The third kappa shape index (κ3) is 1.92. The summed E-state index contributed by atoms with van der Waals surface area (Å²) in [6, 6.07) is 5.59. The van der Waals surface area contributed by atoms with Gasteiger partial charge in [-0.2, -0.15) is 5.10 Å². The number of carbonyl (C=O) groups is 2. The summed E-state index contributed by atoms with van der Waals surface area (Å²) in [5.41, 5.74) is 4.95. The Balaban J connectivity index is 2.08. The normalized spacial score (nSPS) is 19.2. The fourth-order valence-electron chi connectivity index (χ4n) is 2.59. The Bertz CT molecular complexity index is 706. The molecule has 1 saturated heterocycles. The van der Waals surface area contributed by atoms with Gasteiger partial charge in [0.15, 0.2) is 0 Å². The smallest absolute Gasteiger partial charge is 0.235 e. The number of aromatic nitrogens is 2. The molecule has 1 aromatic carbocycles. The molecule has 7 nitrogen and oxygen atoms in total. The van der Waals surface area contributed by atoms with Crippen molar-refractivity contribution in [3.63, 3.8) is 0 Å². The topological polar surface area (TPSA) is 102 Å². The summed E-state index contributed by atoms with van der Waals surface area (Å²) in [6.07, 6.45) is 0.838. The van der Waals surface area contributed by atoms with Crippen LogP contribution in [0.5, 0.6) is 0 Å². The summed E-state index contributed by atoms with van der Waals surface area (Å²) in [6.45, 7) is 0. The largest absolute Gasteiger partial charge is 0.324 e. The number of anilines is 1. The number of imide groups is 1. The van der Waals surface area contributed by atoms with E-state index in [1.807, 2.05) is 25.2 Å². The Morgan fingerprint density at radius 2 is 2.25 bits per heavy atom. The molecule has 2 heterocycles. The minimum atomic E-state index is -0.381. The van der Waals surface area contributed by atoms with E-state index in [1.165, 1.54) is 0 Å². The fourth-order valence-corrected chi connectivity index (χ4v) is 2.59. The van der Waals surface area contributed by atoms with Crippen molar-refractivity contribution < 1.29 is 9.59 Å². The van der Waals surface area contributed by atoms with Crippen LogP contribution in [0.4, 0.5) is 5.69 Å². The molecule has 1 aliphatic rings. The third-order valence-electron chi connectivity index (χ3n) is 3.62. The summed E-state index contributed by atoms with van der Waals surface area (Å²) in [7, 11) is 1.82. The van der Waals surface area contributed by atoms with Crippen LogP contribution in [0.1, 0.15) is 24.5 Å². The van der Waals surface area contributed by atoms with Gasteiger partial charge in [0, 0.05) is 18.9 Å². The van der Waals surface area contributed by atoms with Gasteiger partial charge in [0.25, 0.3) is 0 Å². The number of amides is 2. The number of fused-ring (bicyclic) bond motifs is 1. The van der Waals surface area contributed by atoms with Gasteiger partial charge >= 0.3 is 0 Å². The molecule has 0 bridgehead atoms. The number of aryl methyl sites for hydroxylation is 1. The Morgan fingerprint density at radius 3 is 2.95 bits per heavy atom. The Morgan fingerprint density at radius 1 is 1.45 bits per heavy atom. The third-order valence-corrected chi connectivity index (χ3v) is 3.62. The van der Waals surface area contributed by atoms with E-state index in [-0.39, 0.29) is 17.7 Å². The average Bonchev–Trinajstić information content (AvgIpc) is 2.75. The van der Waals surface area contributed by atoms with Gasteiger partial charge in [0.2, 0.25) is 11.8 Å². The molecule has 0 spiro atoms. The fraction of sp³-hybridized carbons (Fsp3) is 0.308. The summed E-state index contributed by atoms with van der Waals surface area (Å²) < 4.78 is 1.72. The highest BCUT2D eigenvalue weighted by Crippen LogP contribution is 2.31. The van der Waals surface area contributed by atoms with E-state index in [0.717, 1.165) is 16.6 Å². The van der Waals surface area contributed by atoms with E-state index < -0.39 is 0 Å². The van der Waals surface area contributed by atoms with Crippen LogP contribution < -0.4 is 16.6 Å². The molecule has 1 atom stereocenters. The summed E-state index contributed by atoms with van der Waals surface area (Å²) in [5, 5.41) is 7.71. The lowest BCUT2D eigenvalue weighted by molar-refractivity contribution is -0.134. The standard InChI is InChI=1S/C13H15N5O2/c1-18-10-6-7(16-14)2-3-8(10)12(17-18)9-4-5-11(19)15-13(9)20/h2-3,6,9,16H,4-5,14H2,1H3,(H,15,19,20). The van der Waals surface area contributed by atoms with E-state index in [0.29, 0.717) is 18.5 Å². The van der Waals surface area contributed by atoms with Crippen molar-refractivity contribution in [3.8, 4) is 0 Å². The lowest BCUT2D eigenvalue weighted by Gasteiger charge is -2.19. The average molecular weight is 273 g/mol. The van der Waals surface area contributed by atoms with Crippen molar-refractivity contribution in [1.82, 2.24) is 15.1 Å². The maximum atomic E-state index is 12.0. The van der Waals surface area contributed by atoms with E-state index in [2.05, 4.69) is 15.8 Å². The van der Waals surface area contributed by atoms with Crippen LogP contribution >= 0.6 is 0 Å². The highest BCUT2D eigenvalue weighted by atomic mass is 16.2. The number of rotatable bonds is 2. The van der Waals surface area contributed by atoms with Crippen LogP contribution in [0.25, 0.3) is 10.9 Å². The SMILES string of the molecule is Cn1nc(C2CCC(=O)NC2=O)c2ccc(NN)cc21. The molecule has 4 N–H and O–H groups in total. The molecule has 1 aliphatic heterocycles. The van der Waals surface area contributed by atoms with Gasteiger partial charge < -0.3 is 5.43 Å². The number of nitrogens with two attached hydrogens (primary N) is 1. The molecule has 0 aliphatic carbocycles. The number of benzene rings is 1. The van der Waals surface area contributed by atoms with Crippen molar-refractivity contribution in [2.24, 2.45) is 12.9 Å². The predicted molar refractivity (Wildman–Crippen MR) is 73.6 cm³/mol. The van der Waals surface area contributed by atoms with Crippen molar-refractivity contribution in [1.29, 1.82) is 0 Å². The van der Waals surface area contributed by atoms with Crippen LogP contribution in [0.2, 0.25) is 0 Å². The highest BCUT2D eigenvalue weighted by Gasteiger charge is 2.31. The summed E-state index contributed by atoms with van der Waals surface area (Å²) >= 11 is 0. The molecule has 0 radical (unpaired) electrons. The first-order valence-electron chi connectivity index (χ1n) is 6.37. The number of piperidine rings is 1. The molecule has 1 fully saturated rings. The van der Waals surface area contributed by atoms with Crippen molar-refractivity contribution >= 4 is 28.4 Å². The molecule has 0 saturated carbocycles. The number of hydrazine groups is 1. The second-order valence-corrected chi connectivity index (χ2v) is 4.89. The first-order chi connectivity index (χ1) is 9.60. The van der Waals surface area contributed by atoms with Crippen molar-refractivity contribution in [2.75, 3.05) is 5.43 Å². The quantitative estimate of drug-likeness (QED) is 0.417. The number of nitrogens with one attached hydrogen (secondary N) is 2. The van der Waals surface area contributed by atoms with E-state index >= 15 is 0 Å². The molecule has 1 aromatic heterocycles. The molecule has 2 aromatic rings. The van der Waals surface area contributed by atoms with Crippen molar-refractivity contribution in [2.45, 2.75) is 18.8 Å². The second-order valence-electron chi connectivity index (χ2n) is 4.89. The maximum absolute atomic E-state index is 12.0. The molecule has 2 amide bonds. The lowest BCUT2D eigenvalue weighted by atomic mass is 9.93. The highest BCUT2D eigenvalue weighted by molar-refractivity contribution is 6.02. The van der Waals surface area contributed by atoms with Gasteiger partial charge in [-0.05, 0) is 24.6 Å². The zero-order valence-corrected chi connectivity index (χ0v) is 11.0. The van der Waals surface area contributed by atoms with Crippen LogP contribution in [-0.4, -0.2) is 21.6 Å². The zero-order valence-electron chi connectivity index (χ0n) is 11.0. The zero-order chi connectivity index (χ0) is 14.3. The number of nitrogen functional groups attached to an aromatic ring is 1. The Labute approximate surface area is 115 Å². The number of nitrogens with zero attached hydrogens (tertiary/aromatic N) is 2. The van der Waals surface area contributed by atoms with Crippen molar-refractivity contribution in [3.05, 3.63) is 23.9 Å². The molecule has 104 valence electrons. The monoisotopic (exact) mass is 273 g/mol. The van der Waals surface area contributed by atoms with E-state index in [9.17, 15) is 9.59 Å². The van der Waals surface area contributed by atoms with Gasteiger partial charge in [-0.15, -0.1) is 0 Å².